The highest BCUT2D eigenvalue weighted by atomic mass is 16.2. The average molecular weight is 424 g/mol. The molecular weight excluding hydrogens is 382 g/mol. The minimum atomic E-state index is 0.163. The summed E-state index contributed by atoms with van der Waals surface area (Å²) >= 11 is 0. The van der Waals surface area contributed by atoms with Gasteiger partial charge in [-0.25, -0.2) is 0 Å². The molecule has 1 aliphatic heterocycles. The number of Topliss-reactive ketones (excluding diaryl/α,β-unsaturated/α-hetero) is 1. The summed E-state index contributed by atoms with van der Waals surface area (Å²) in [6, 6.07) is 0.494. The molecule has 1 amide bonds. The van der Waals surface area contributed by atoms with Crippen molar-refractivity contribution in [2.75, 3.05) is 6.54 Å². The molecule has 3 heteroatoms. The number of allylic oxidation sites excluding steroid dienone is 5. The quantitative estimate of drug-likeness (QED) is 0.270. The van der Waals surface area contributed by atoms with Crippen molar-refractivity contribution >= 4 is 11.7 Å². The number of rotatable bonds is 7. The zero-order chi connectivity index (χ0) is 22.0. The molecule has 1 heterocycles. The molecule has 1 saturated heterocycles. The Labute approximate surface area is 189 Å². The molecule has 31 heavy (non-hydrogen) atoms. The van der Waals surface area contributed by atoms with E-state index in [1.165, 1.54) is 49.7 Å². The van der Waals surface area contributed by atoms with E-state index < -0.39 is 0 Å². The largest absolute Gasteiger partial charge is 0.339 e. The van der Waals surface area contributed by atoms with E-state index in [1.54, 1.807) is 0 Å². The van der Waals surface area contributed by atoms with Crippen LogP contribution in [-0.4, -0.2) is 29.2 Å². The van der Waals surface area contributed by atoms with Crippen molar-refractivity contribution in [3.8, 4) is 0 Å². The van der Waals surface area contributed by atoms with Crippen LogP contribution in [0.2, 0.25) is 0 Å². The summed E-state index contributed by atoms with van der Waals surface area (Å²) in [6.45, 7) is 9.70. The van der Waals surface area contributed by atoms with Crippen molar-refractivity contribution in [2.24, 2.45) is 23.7 Å². The normalized spacial score (nSPS) is 32.6. The lowest BCUT2D eigenvalue weighted by atomic mass is 9.65. The number of ketones is 1. The van der Waals surface area contributed by atoms with Crippen LogP contribution in [0, 0.1) is 23.7 Å². The summed E-state index contributed by atoms with van der Waals surface area (Å²) in [6.07, 6.45) is 17.3. The van der Waals surface area contributed by atoms with Gasteiger partial charge in [0.25, 0.3) is 0 Å². The first-order valence-corrected chi connectivity index (χ1v) is 12.9. The number of piperidine rings is 1. The average Bonchev–Trinajstić information content (AvgIpc) is 2.73. The first-order valence-electron chi connectivity index (χ1n) is 12.9. The maximum atomic E-state index is 12.9. The van der Waals surface area contributed by atoms with Crippen LogP contribution in [0.1, 0.15) is 90.9 Å². The molecule has 3 nitrogen and oxygen atoms in total. The molecule has 4 rings (SSSR count). The van der Waals surface area contributed by atoms with Gasteiger partial charge in [-0.15, -0.1) is 0 Å². The lowest BCUT2D eigenvalue weighted by Crippen LogP contribution is -2.49. The minimum Gasteiger partial charge on any atom is -0.339 e. The van der Waals surface area contributed by atoms with Crippen molar-refractivity contribution < 1.29 is 9.59 Å². The second-order valence-corrected chi connectivity index (χ2v) is 10.8. The predicted molar refractivity (Wildman–Crippen MR) is 127 cm³/mol. The van der Waals surface area contributed by atoms with Crippen molar-refractivity contribution in [1.82, 2.24) is 4.90 Å². The smallest absolute Gasteiger partial charge is 0.222 e. The number of carbonyl (C=O) groups excluding carboxylic acids is 2. The van der Waals surface area contributed by atoms with Crippen molar-refractivity contribution in [1.29, 1.82) is 0 Å². The standard InChI is InChI=1S/C28H41NO2/c1-19-15-20(2)17-24-18-23(16-19)28(24)21(3)26(30)12-6-7-13-27(31)29-14-8-10-22-9-4-5-11-25(22)29/h16-17,19-20,22,25,28H,3-15,18H2,1-2H3. The molecule has 4 aliphatic rings. The molecule has 2 saturated carbocycles. The first-order chi connectivity index (χ1) is 14.9. The molecule has 0 N–H and O–H groups in total. The Balaban J connectivity index is 1.23. The zero-order valence-corrected chi connectivity index (χ0v) is 19.7. The lowest BCUT2D eigenvalue weighted by molar-refractivity contribution is -0.137. The summed E-state index contributed by atoms with van der Waals surface area (Å²) in [5, 5.41) is 0. The Kier molecular flexibility index (Phi) is 7.19. The molecule has 0 radical (unpaired) electrons. The number of unbranched alkanes of at least 4 members (excludes halogenated alkanes) is 1. The van der Waals surface area contributed by atoms with Gasteiger partial charge in [0.1, 0.15) is 0 Å². The number of fused-ring (bicyclic) bond motifs is 3. The predicted octanol–water partition coefficient (Wildman–Crippen LogP) is 6.40. The molecule has 3 aliphatic carbocycles. The van der Waals surface area contributed by atoms with Gasteiger partial charge in [0, 0.05) is 31.3 Å². The van der Waals surface area contributed by atoms with Gasteiger partial charge < -0.3 is 4.90 Å². The molecule has 2 bridgehead atoms. The fraction of sp³-hybridized carbons (Fsp3) is 0.714. The third-order valence-corrected chi connectivity index (χ3v) is 8.21. The molecule has 4 unspecified atom stereocenters. The molecular formula is C28H41NO2. The summed E-state index contributed by atoms with van der Waals surface area (Å²) in [7, 11) is 0. The highest BCUT2D eigenvalue weighted by molar-refractivity contribution is 5.97. The number of hydrogen-bond acceptors (Lipinski definition) is 2. The first kappa shape index (κ1) is 22.6. The Hall–Kier alpha value is -1.64. The molecule has 0 aromatic heterocycles. The van der Waals surface area contributed by atoms with Crippen LogP contribution in [0.15, 0.2) is 35.5 Å². The van der Waals surface area contributed by atoms with E-state index in [4.69, 9.17) is 0 Å². The summed E-state index contributed by atoms with van der Waals surface area (Å²) in [4.78, 5) is 27.9. The van der Waals surface area contributed by atoms with Gasteiger partial charge in [0.15, 0.2) is 5.78 Å². The second-order valence-electron chi connectivity index (χ2n) is 10.8. The monoisotopic (exact) mass is 423 g/mol. The molecule has 4 atom stereocenters. The lowest BCUT2D eigenvalue weighted by Gasteiger charge is -2.44. The maximum Gasteiger partial charge on any atom is 0.222 e. The van der Waals surface area contributed by atoms with Crippen molar-refractivity contribution in [2.45, 2.75) is 96.9 Å². The number of carbonyl (C=O) groups is 2. The van der Waals surface area contributed by atoms with E-state index in [0.29, 0.717) is 36.6 Å². The van der Waals surface area contributed by atoms with Gasteiger partial charge in [-0.3, -0.25) is 9.59 Å². The topological polar surface area (TPSA) is 37.4 Å². The summed E-state index contributed by atoms with van der Waals surface area (Å²) in [5.74, 6) is 2.55. The van der Waals surface area contributed by atoms with Gasteiger partial charge in [-0.05, 0) is 74.7 Å². The molecule has 0 aromatic rings. The van der Waals surface area contributed by atoms with E-state index in [9.17, 15) is 9.59 Å². The molecule has 0 spiro atoms. The van der Waals surface area contributed by atoms with Crippen molar-refractivity contribution in [3.63, 3.8) is 0 Å². The van der Waals surface area contributed by atoms with Gasteiger partial charge in [-0.1, -0.05) is 56.6 Å². The second kappa shape index (κ2) is 9.88. The SMILES string of the molecule is C=C(C(=O)CCCCC(=O)N1CCCC2CCCCC21)C1C2=CC(C)CC(C)C=C1C2. The summed E-state index contributed by atoms with van der Waals surface area (Å²) in [5.41, 5.74) is 3.56. The van der Waals surface area contributed by atoms with E-state index in [0.717, 1.165) is 43.7 Å². The van der Waals surface area contributed by atoms with Crippen LogP contribution in [0.4, 0.5) is 0 Å². The van der Waals surface area contributed by atoms with Crippen LogP contribution in [0.25, 0.3) is 0 Å². The highest BCUT2D eigenvalue weighted by Gasteiger charge is 2.37. The Morgan fingerprint density at radius 3 is 2.35 bits per heavy atom. The maximum absolute atomic E-state index is 12.9. The Morgan fingerprint density at radius 1 is 0.968 bits per heavy atom. The number of hydrogen-bond donors (Lipinski definition) is 0. The van der Waals surface area contributed by atoms with Gasteiger partial charge in [0.05, 0.1) is 0 Å². The van der Waals surface area contributed by atoms with Crippen LogP contribution in [0.5, 0.6) is 0 Å². The van der Waals surface area contributed by atoms with Gasteiger partial charge >= 0.3 is 0 Å². The van der Waals surface area contributed by atoms with E-state index in [-0.39, 0.29) is 11.7 Å². The third kappa shape index (κ3) is 5.07. The molecule has 0 aromatic carbocycles. The van der Waals surface area contributed by atoms with Crippen LogP contribution < -0.4 is 0 Å². The van der Waals surface area contributed by atoms with Gasteiger partial charge in [-0.2, -0.15) is 0 Å². The number of likely N-dealkylation sites (tertiary alicyclic amines) is 1. The highest BCUT2D eigenvalue weighted by Crippen LogP contribution is 2.47. The number of nitrogens with zero attached hydrogens (tertiary/aromatic N) is 1. The van der Waals surface area contributed by atoms with Crippen molar-refractivity contribution in [3.05, 3.63) is 35.5 Å². The number of amides is 1. The summed E-state index contributed by atoms with van der Waals surface area (Å²) < 4.78 is 0. The van der Waals surface area contributed by atoms with Crippen LogP contribution in [-0.2, 0) is 9.59 Å². The minimum absolute atomic E-state index is 0.163. The van der Waals surface area contributed by atoms with Crippen LogP contribution in [0.3, 0.4) is 0 Å². The van der Waals surface area contributed by atoms with E-state index in [2.05, 4.69) is 37.5 Å². The fourth-order valence-corrected chi connectivity index (χ4v) is 6.72. The zero-order valence-electron chi connectivity index (χ0n) is 19.7. The molecule has 3 fully saturated rings. The van der Waals surface area contributed by atoms with Crippen LogP contribution >= 0.6 is 0 Å². The van der Waals surface area contributed by atoms with E-state index in [1.807, 2.05) is 0 Å². The molecule has 170 valence electrons. The van der Waals surface area contributed by atoms with E-state index >= 15 is 0 Å². The Bertz CT molecular complexity index is 750. The van der Waals surface area contributed by atoms with Gasteiger partial charge in [0.2, 0.25) is 5.91 Å². The fourth-order valence-electron chi connectivity index (χ4n) is 6.72. The Morgan fingerprint density at radius 2 is 1.61 bits per heavy atom. The third-order valence-electron chi connectivity index (χ3n) is 8.21.